The SMILES string of the molecule is O=C1C=CCC2C(c3ncc[nH]3)CCN12. The van der Waals surface area contributed by atoms with E-state index in [2.05, 4.69) is 9.97 Å². The predicted octanol–water partition coefficient (Wildman–Crippen LogP) is 1.05. The van der Waals surface area contributed by atoms with Gasteiger partial charge in [0.25, 0.3) is 0 Å². The van der Waals surface area contributed by atoms with Gasteiger partial charge in [0.1, 0.15) is 5.82 Å². The third kappa shape index (κ3) is 1.28. The van der Waals surface area contributed by atoms with Gasteiger partial charge in [-0.3, -0.25) is 4.79 Å². The minimum atomic E-state index is 0.153. The third-order valence-corrected chi connectivity index (χ3v) is 3.34. The van der Waals surface area contributed by atoms with Crippen molar-refractivity contribution in [1.82, 2.24) is 14.9 Å². The highest BCUT2D eigenvalue weighted by molar-refractivity contribution is 5.89. The van der Waals surface area contributed by atoms with E-state index in [1.165, 1.54) is 0 Å². The molecule has 2 aliphatic rings. The Bertz CT molecular complexity index is 396. The number of hydrogen-bond donors (Lipinski definition) is 1. The summed E-state index contributed by atoms with van der Waals surface area (Å²) in [7, 11) is 0. The molecule has 1 N–H and O–H groups in total. The Kier molecular flexibility index (Phi) is 1.87. The first-order valence-electron chi connectivity index (χ1n) is 5.32. The van der Waals surface area contributed by atoms with Crippen LogP contribution >= 0.6 is 0 Å². The normalized spacial score (nSPS) is 29.6. The maximum absolute atomic E-state index is 11.6. The van der Waals surface area contributed by atoms with Crippen molar-refractivity contribution < 1.29 is 4.79 Å². The molecule has 1 amide bonds. The number of fused-ring (bicyclic) bond motifs is 1. The second-order valence-electron chi connectivity index (χ2n) is 4.11. The highest BCUT2D eigenvalue weighted by atomic mass is 16.2. The van der Waals surface area contributed by atoms with Gasteiger partial charge in [-0.05, 0) is 18.9 Å². The topological polar surface area (TPSA) is 49.0 Å². The van der Waals surface area contributed by atoms with Crippen LogP contribution < -0.4 is 0 Å². The highest BCUT2D eigenvalue weighted by Crippen LogP contribution is 2.35. The first-order chi connectivity index (χ1) is 7.36. The Morgan fingerprint density at radius 3 is 3.27 bits per heavy atom. The summed E-state index contributed by atoms with van der Waals surface area (Å²) >= 11 is 0. The van der Waals surface area contributed by atoms with Crippen molar-refractivity contribution >= 4 is 5.91 Å². The molecule has 0 aromatic carbocycles. The predicted molar refractivity (Wildman–Crippen MR) is 55.2 cm³/mol. The molecule has 2 aliphatic heterocycles. The van der Waals surface area contributed by atoms with Crippen LogP contribution in [0.5, 0.6) is 0 Å². The van der Waals surface area contributed by atoms with Gasteiger partial charge in [0.15, 0.2) is 0 Å². The summed E-state index contributed by atoms with van der Waals surface area (Å²) in [6, 6.07) is 0.314. The van der Waals surface area contributed by atoms with E-state index in [0.29, 0.717) is 12.0 Å². The molecule has 0 bridgehead atoms. The van der Waals surface area contributed by atoms with Crippen LogP contribution in [0.2, 0.25) is 0 Å². The van der Waals surface area contributed by atoms with Crippen molar-refractivity contribution in [3.8, 4) is 0 Å². The maximum Gasteiger partial charge on any atom is 0.246 e. The van der Waals surface area contributed by atoms with E-state index in [0.717, 1.165) is 25.2 Å². The number of hydrogen-bond acceptors (Lipinski definition) is 2. The van der Waals surface area contributed by atoms with Crippen LogP contribution in [0.1, 0.15) is 24.6 Å². The lowest BCUT2D eigenvalue weighted by atomic mass is 9.95. The Morgan fingerprint density at radius 2 is 2.47 bits per heavy atom. The fourth-order valence-corrected chi connectivity index (χ4v) is 2.62. The molecule has 1 fully saturated rings. The van der Waals surface area contributed by atoms with Crippen molar-refractivity contribution in [2.24, 2.45) is 0 Å². The van der Waals surface area contributed by atoms with Crippen LogP contribution in [-0.2, 0) is 4.79 Å². The van der Waals surface area contributed by atoms with Crippen LogP contribution in [0, 0.1) is 0 Å². The molecule has 3 rings (SSSR count). The molecule has 78 valence electrons. The third-order valence-electron chi connectivity index (χ3n) is 3.34. The molecule has 0 saturated carbocycles. The van der Waals surface area contributed by atoms with Crippen molar-refractivity contribution in [2.45, 2.75) is 24.8 Å². The molecule has 0 aliphatic carbocycles. The highest BCUT2D eigenvalue weighted by Gasteiger charge is 2.39. The minimum Gasteiger partial charge on any atom is -0.348 e. The van der Waals surface area contributed by atoms with Gasteiger partial charge in [0, 0.05) is 30.9 Å². The molecule has 3 heterocycles. The van der Waals surface area contributed by atoms with Gasteiger partial charge in [-0.2, -0.15) is 0 Å². The zero-order chi connectivity index (χ0) is 10.3. The van der Waals surface area contributed by atoms with Crippen molar-refractivity contribution in [2.75, 3.05) is 6.54 Å². The van der Waals surface area contributed by atoms with E-state index in [-0.39, 0.29) is 5.91 Å². The zero-order valence-electron chi connectivity index (χ0n) is 8.39. The van der Waals surface area contributed by atoms with Gasteiger partial charge in [-0.15, -0.1) is 0 Å². The van der Waals surface area contributed by atoms with Gasteiger partial charge >= 0.3 is 0 Å². The molecule has 1 aromatic heterocycles. The largest absolute Gasteiger partial charge is 0.348 e. The molecule has 1 aromatic rings. The molecule has 1 saturated heterocycles. The van der Waals surface area contributed by atoms with Gasteiger partial charge < -0.3 is 9.88 Å². The summed E-state index contributed by atoms with van der Waals surface area (Å²) < 4.78 is 0. The second-order valence-corrected chi connectivity index (χ2v) is 4.11. The van der Waals surface area contributed by atoms with Gasteiger partial charge in [0.2, 0.25) is 5.91 Å². The number of rotatable bonds is 1. The summed E-state index contributed by atoms with van der Waals surface area (Å²) in [5.74, 6) is 1.56. The second kappa shape index (κ2) is 3.22. The van der Waals surface area contributed by atoms with E-state index < -0.39 is 0 Å². The van der Waals surface area contributed by atoms with E-state index in [1.807, 2.05) is 17.2 Å². The Balaban J connectivity index is 1.90. The van der Waals surface area contributed by atoms with E-state index in [9.17, 15) is 4.79 Å². The molecule has 4 nitrogen and oxygen atoms in total. The molecule has 0 radical (unpaired) electrons. The number of aromatic nitrogens is 2. The van der Waals surface area contributed by atoms with E-state index in [4.69, 9.17) is 0 Å². The number of carbonyl (C=O) groups excluding carboxylic acids is 1. The summed E-state index contributed by atoms with van der Waals surface area (Å²) in [6.07, 6.45) is 9.26. The number of H-pyrrole nitrogens is 1. The molecule has 2 atom stereocenters. The van der Waals surface area contributed by atoms with Crippen LogP contribution in [0.4, 0.5) is 0 Å². The number of nitrogens with one attached hydrogen (secondary N) is 1. The summed E-state index contributed by atoms with van der Waals surface area (Å²) in [5, 5.41) is 0. The number of carbonyl (C=O) groups is 1. The minimum absolute atomic E-state index is 0.153. The number of nitrogens with zero attached hydrogens (tertiary/aromatic N) is 2. The van der Waals surface area contributed by atoms with Gasteiger partial charge in [-0.25, -0.2) is 4.98 Å². The lowest BCUT2D eigenvalue weighted by molar-refractivity contribution is -0.127. The fraction of sp³-hybridized carbons (Fsp3) is 0.455. The van der Waals surface area contributed by atoms with Crippen LogP contribution in [-0.4, -0.2) is 33.4 Å². The summed E-state index contributed by atoms with van der Waals surface area (Å²) in [6.45, 7) is 0.860. The Morgan fingerprint density at radius 1 is 1.53 bits per heavy atom. The Hall–Kier alpha value is -1.58. The first kappa shape index (κ1) is 8.71. The molecule has 15 heavy (non-hydrogen) atoms. The molecule has 4 heteroatoms. The van der Waals surface area contributed by atoms with Crippen LogP contribution in [0.3, 0.4) is 0 Å². The molecular formula is C11H13N3O. The van der Waals surface area contributed by atoms with E-state index >= 15 is 0 Å². The lowest BCUT2D eigenvalue weighted by Gasteiger charge is -2.28. The lowest BCUT2D eigenvalue weighted by Crippen LogP contribution is -2.38. The zero-order valence-corrected chi connectivity index (χ0v) is 8.39. The molecular weight excluding hydrogens is 190 g/mol. The van der Waals surface area contributed by atoms with Crippen molar-refractivity contribution in [1.29, 1.82) is 0 Å². The summed E-state index contributed by atoms with van der Waals surface area (Å²) in [4.78, 5) is 21.0. The standard InChI is InChI=1S/C11H13N3O/c15-10-3-1-2-9-8(4-7-14(9)10)11-12-5-6-13-11/h1,3,5-6,8-9H,2,4,7H2,(H,12,13). The average molecular weight is 203 g/mol. The van der Waals surface area contributed by atoms with E-state index in [1.54, 1.807) is 12.3 Å². The maximum atomic E-state index is 11.6. The van der Waals surface area contributed by atoms with Gasteiger partial charge in [0.05, 0.1) is 0 Å². The quantitative estimate of drug-likeness (QED) is 0.741. The van der Waals surface area contributed by atoms with Gasteiger partial charge in [-0.1, -0.05) is 6.08 Å². The average Bonchev–Trinajstić information content (AvgIpc) is 2.85. The van der Waals surface area contributed by atoms with Crippen molar-refractivity contribution in [3.63, 3.8) is 0 Å². The molecule has 0 spiro atoms. The first-order valence-corrected chi connectivity index (χ1v) is 5.32. The smallest absolute Gasteiger partial charge is 0.246 e. The number of imidazole rings is 1. The fourth-order valence-electron chi connectivity index (χ4n) is 2.62. The van der Waals surface area contributed by atoms with Crippen LogP contribution in [0.25, 0.3) is 0 Å². The molecule has 2 unspecified atom stereocenters. The van der Waals surface area contributed by atoms with Crippen LogP contribution in [0.15, 0.2) is 24.5 Å². The van der Waals surface area contributed by atoms with Crippen molar-refractivity contribution in [3.05, 3.63) is 30.4 Å². The number of amides is 1. The summed E-state index contributed by atoms with van der Waals surface area (Å²) in [5.41, 5.74) is 0. The number of aromatic amines is 1. The Labute approximate surface area is 88.0 Å². The monoisotopic (exact) mass is 203 g/mol.